The van der Waals surface area contributed by atoms with Crippen LogP contribution in [0.3, 0.4) is 0 Å². The Balaban J connectivity index is 2.83. The van der Waals surface area contributed by atoms with Gasteiger partial charge in [-0.25, -0.2) is 0 Å². The SMILES string of the molecule is COCCOS(=O)(=O)c1ccccc1C. The second kappa shape index (κ2) is 5.25. The summed E-state index contributed by atoms with van der Waals surface area (Å²) < 4.78 is 32.8. The molecule has 0 bridgehead atoms. The third kappa shape index (κ3) is 3.30. The van der Waals surface area contributed by atoms with Crippen LogP contribution < -0.4 is 0 Å². The molecule has 0 aliphatic carbocycles. The third-order valence-corrected chi connectivity index (χ3v) is 3.36. The van der Waals surface area contributed by atoms with E-state index < -0.39 is 10.1 Å². The molecule has 0 saturated carbocycles. The van der Waals surface area contributed by atoms with E-state index >= 15 is 0 Å². The molecule has 0 aromatic heterocycles. The molecule has 0 saturated heterocycles. The molecule has 0 fully saturated rings. The molecule has 4 nitrogen and oxygen atoms in total. The van der Waals surface area contributed by atoms with Crippen molar-refractivity contribution in [2.45, 2.75) is 11.8 Å². The summed E-state index contributed by atoms with van der Waals surface area (Å²) in [6, 6.07) is 6.70. The molecular formula is C10H14O4S. The van der Waals surface area contributed by atoms with Crippen molar-refractivity contribution in [1.29, 1.82) is 0 Å². The monoisotopic (exact) mass is 230 g/mol. The Labute approximate surface area is 90.0 Å². The van der Waals surface area contributed by atoms with Crippen LogP contribution in [0, 0.1) is 6.92 Å². The van der Waals surface area contributed by atoms with Crippen molar-refractivity contribution in [2.75, 3.05) is 20.3 Å². The fourth-order valence-electron chi connectivity index (χ4n) is 1.13. The van der Waals surface area contributed by atoms with Crippen LogP contribution in [0.15, 0.2) is 29.2 Å². The first-order valence-corrected chi connectivity index (χ1v) is 5.93. The number of aryl methyl sites for hydroxylation is 1. The summed E-state index contributed by atoms with van der Waals surface area (Å²) in [5.74, 6) is 0. The quantitative estimate of drug-likeness (QED) is 0.566. The Kier molecular flexibility index (Phi) is 4.26. The Morgan fingerprint density at radius 3 is 2.47 bits per heavy atom. The Morgan fingerprint density at radius 2 is 1.87 bits per heavy atom. The fraction of sp³-hybridized carbons (Fsp3) is 0.400. The fourth-order valence-corrected chi connectivity index (χ4v) is 2.25. The summed E-state index contributed by atoms with van der Waals surface area (Å²) in [7, 11) is -2.15. The van der Waals surface area contributed by atoms with E-state index in [9.17, 15) is 8.42 Å². The van der Waals surface area contributed by atoms with Gasteiger partial charge in [0.1, 0.15) is 0 Å². The van der Waals surface area contributed by atoms with E-state index in [1.54, 1.807) is 25.1 Å². The molecule has 0 unspecified atom stereocenters. The summed E-state index contributed by atoms with van der Waals surface area (Å²) in [5, 5.41) is 0. The highest BCUT2D eigenvalue weighted by atomic mass is 32.2. The smallest absolute Gasteiger partial charge is 0.297 e. The van der Waals surface area contributed by atoms with Gasteiger partial charge in [-0.3, -0.25) is 4.18 Å². The first-order valence-electron chi connectivity index (χ1n) is 4.52. The van der Waals surface area contributed by atoms with Gasteiger partial charge in [-0.05, 0) is 18.6 Å². The number of methoxy groups -OCH3 is 1. The van der Waals surface area contributed by atoms with Gasteiger partial charge in [0.15, 0.2) is 0 Å². The van der Waals surface area contributed by atoms with Crippen LogP contribution in [0.5, 0.6) is 0 Å². The lowest BCUT2D eigenvalue weighted by atomic mass is 10.2. The Hall–Kier alpha value is -0.910. The first-order chi connectivity index (χ1) is 7.08. The van der Waals surface area contributed by atoms with Crippen LogP contribution in [0.4, 0.5) is 0 Å². The van der Waals surface area contributed by atoms with Crippen molar-refractivity contribution in [3.63, 3.8) is 0 Å². The van der Waals surface area contributed by atoms with Crippen molar-refractivity contribution < 1.29 is 17.3 Å². The average molecular weight is 230 g/mol. The largest absolute Gasteiger partial charge is 0.382 e. The van der Waals surface area contributed by atoms with Gasteiger partial charge in [-0.15, -0.1) is 0 Å². The molecule has 0 radical (unpaired) electrons. The van der Waals surface area contributed by atoms with Gasteiger partial charge in [-0.2, -0.15) is 8.42 Å². The molecule has 1 aromatic carbocycles. The molecule has 15 heavy (non-hydrogen) atoms. The van der Waals surface area contributed by atoms with Crippen LogP contribution >= 0.6 is 0 Å². The maximum atomic E-state index is 11.7. The van der Waals surface area contributed by atoms with Crippen molar-refractivity contribution in [3.8, 4) is 0 Å². The van der Waals surface area contributed by atoms with Gasteiger partial charge in [-0.1, -0.05) is 18.2 Å². The molecule has 0 atom stereocenters. The number of hydrogen-bond donors (Lipinski definition) is 0. The summed E-state index contributed by atoms with van der Waals surface area (Å²) in [6.07, 6.45) is 0. The molecule has 0 spiro atoms. The van der Waals surface area contributed by atoms with Gasteiger partial charge in [0.05, 0.1) is 18.1 Å². The van der Waals surface area contributed by atoms with E-state index in [1.165, 1.54) is 13.2 Å². The zero-order chi connectivity index (χ0) is 11.3. The zero-order valence-electron chi connectivity index (χ0n) is 8.76. The van der Waals surface area contributed by atoms with E-state index in [0.29, 0.717) is 5.56 Å². The van der Waals surface area contributed by atoms with Gasteiger partial charge in [0, 0.05) is 7.11 Å². The van der Waals surface area contributed by atoms with Gasteiger partial charge in [0.2, 0.25) is 0 Å². The van der Waals surface area contributed by atoms with Crippen molar-refractivity contribution >= 4 is 10.1 Å². The standard InChI is InChI=1S/C10H14O4S/c1-9-5-3-4-6-10(9)15(11,12)14-8-7-13-2/h3-6H,7-8H2,1-2H3. The molecule has 1 rings (SSSR count). The van der Waals surface area contributed by atoms with Crippen LogP contribution in [0.25, 0.3) is 0 Å². The second-order valence-electron chi connectivity index (χ2n) is 3.03. The molecule has 0 aliphatic heterocycles. The van der Waals surface area contributed by atoms with E-state index in [0.717, 1.165) is 0 Å². The molecule has 0 amide bonds. The molecular weight excluding hydrogens is 216 g/mol. The average Bonchev–Trinajstić information content (AvgIpc) is 2.18. The number of ether oxygens (including phenoxy) is 1. The highest BCUT2D eigenvalue weighted by Crippen LogP contribution is 2.16. The van der Waals surface area contributed by atoms with Crippen LogP contribution in [0.2, 0.25) is 0 Å². The molecule has 0 N–H and O–H groups in total. The topological polar surface area (TPSA) is 52.6 Å². The minimum absolute atomic E-state index is 0.0349. The number of hydrogen-bond acceptors (Lipinski definition) is 4. The Bertz CT molecular complexity index is 411. The molecule has 0 heterocycles. The predicted octanol–water partition coefficient (Wildman–Crippen LogP) is 1.35. The highest BCUT2D eigenvalue weighted by Gasteiger charge is 2.16. The molecule has 0 aliphatic rings. The maximum absolute atomic E-state index is 11.7. The summed E-state index contributed by atoms with van der Waals surface area (Å²) in [4.78, 5) is 0.209. The zero-order valence-corrected chi connectivity index (χ0v) is 9.58. The van der Waals surface area contributed by atoms with Crippen LogP contribution in [-0.4, -0.2) is 28.7 Å². The lowest BCUT2D eigenvalue weighted by molar-refractivity contribution is 0.149. The number of rotatable bonds is 5. The van der Waals surface area contributed by atoms with Gasteiger partial charge in [0.25, 0.3) is 10.1 Å². The van der Waals surface area contributed by atoms with Crippen molar-refractivity contribution in [1.82, 2.24) is 0 Å². The maximum Gasteiger partial charge on any atom is 0.297 e. The third-order valence-electron chi connectivity index (χ3n) is 1.89. The molecule has 84 valence electrons. The normalized spacial score (nSPS) is 11.6. The summed E-state index contributed by atoms with van der Waals surface area (Å²) in [5.41, 5.74) is 0.676. The highest BCUT2D eigenvalue weighted by molar-refractivity contribution is 7.86. The van der Waals surface area contributed by atoms with Gasteiger partial charge >= 0.3 is 0 Å². The van der Waals surface area contributed by atoms with Crippen LogP contribution in [0.1, 0.15) is 5.56 Å². The van der Waals surface area contributed by atoms with Gasteiger partial charge < -0.3 is 4.74 Å². The Morgan fingerprint density at radius 1 is 1.20 bits per heavy atom. The minimum atomic E-state index is -3.64. The lowest BCUT2D eigenvalue weighted by Crippen LogP contribution is -2.11. The number of benzene rings is 1. The van der Waals surface area contributed by atoms with E-state index in [2.05, 4.69) is 0 Å². The van der Waals surface area contributed by atoms with E-state index in [-0.39, 0.29) is 18.1 Å². The second-order valence-corrected chi connectivity index (χ2v) is 4.62. The van der Waals surface area contributed by atoms with E-state index in [4.69, 9.17) is 8.92 Å². The molecule has 5 heteroatoms. The predicted molar refractivity (Wildman–Crippen MR) is 56.2 cm³/mol. The van der Waals surface area contributed by atoms with Crippen LogP contribution in [-0.2, 0) is 19.0 Å². The lowest BCUT2D eigenvalue weighted by Gasteiger charge is -2.07. The summed E-state index contributed by atoms with van der Waals surface area (Å²) >= 11 is 0. The molecule has 1 aromatic rings. The van der Waals surface area contributed by atoms with E-state index in [1.807, 2.05) is 0 Å². The first kappa shape index (κ1) is 12.2. The van der Waals surface area contributed by atoms with Crippen molar-refractivity contribution in [2.24, 2.45) is 0 Å². The minimum Gasteiger partial charge on any atom is -0.382 e. The van der Waals surface area contributed by atoms with Crippen molar-refractivity contribution in [3.05, 3.63) is 29.8 Å². The summed E-state index contributed by atoms with van der Waals surface area (Å²) in [6.45, 7) is 2.02.